The summed E-state index contributed by atoms with van der Waals surface area (Å²) in [7, 11) is 0. The number of rotatable bonds is 3. The molecular weight excluding hydrogens is 277 g/mol. The fourth-order valence-corrected chi connectivity index (χ4v) is 2.44. The maximum Gasteiger partial charge on any atom is 0.194 e. The number of halogens is 4. The molecule has 2 nitrogen and oxygen atoms in total. The Balaban J connectivity index is 0.00000180. The van der Waals surface area contributed by atoms with Crippen LogP contribution in [0.15, 0.2) is 12.1 Å². The standard InChI is InChI=1S/C13H17F3N2.ClH/c14-11-4-10(5-12(15)13(11)16)8-18-3-1-2-9(6-17)7-18;/h4-5,9H,1-3,6-8,17H2;1H. The summed E-state index contributed by atoms with van der Waals surface area (Å²) in [6.07, 6.45) is 2.13. The highest BCUT2D eigenvalue weighted by molar-refractivity contribution is 5.85. The van der Waals surface area contributed by atoms with Crippen LogP contribution in [0.3, 0.4) is 0 Å². The first-order valence-corrected chi connectivity index (χ1v) is 6.16. The first kappa shape index (κ1) is 16.3. The van der Waals surface area contributed by atoms with Crippen LogP contribution in [0.4, 0.5) is 13.2 Å². The van der Waals surface area contributed by atoms with Gasteiger partial charge in [0.25, 0.3) is 0 Å². The van der Waals surface area contributed by atoms with Crippen LogP contribution in [-0.2, 0) is 6.54 Å². The van der Waals surface area contributed by atoms with Crippen LogP contribution in [0.2, 0.25) is 0 Å². The molecule has 19 heavy (non-hydrogen) atoms. The number of piperidine rings is 1. The van der Waals surface area contributed by atoms with Gasteiger partial charge in [-0.05, 0) is 49.5 Å². The van der Waals surface area contributed by atoms with Crippen LogP contribution < -0.4 is 5.73 Å². The quantitative estimate of drug-likeness (QED) is 0.869. The highest BCUT2D eigenvalue weighted by atomic mass is 35.5. The highest BCUT2D eigenvalue weighted by Gasteiger charge is 2.19. The molecule has 1 saturated heterocycles. The average Bonchev–Trinajstić information content (AvgIpc) is 2.36. The van der Waals surface area contributed by atoms with Gasteiger partial charge in [-0.25, -0.2) is 13.2 Å². The van der Waals surface area contributed by atoms with Gasteiger partial charge < -0.3 is 5.73 Å². The molecule has 1 heterocycles. The molecule has 0 amide bonds. The predicted molar refractivity (Wildman–Crippen MR) is 70.6 cm³/mol. The number of nitrogens with two attached hydrogens (primary N) is 1. The Kier molecular flexibility index (Phi) is 6.10. The van der Waals surface area contributed by atoms with E-state index in [1.165, 1.54) is 0 Å². The lowest BCUT2D eigenvalue weighted by Crippen LogP contribution is -2.37. The predicted octanol–water partition coefficient (Wildman–Crippen LogP) is 2.70. The first-order valence-electron chi connectivity index (χ1n) is 6.16. The lowest BCUT2D eigenvalue weighted by molar-refractivity contribution is 0.170. The monoisotopic (exact) mass is 294 g/mol. The molecule has 0 bridgehead atoms. The van der Waals surface area contributed by atoms with E-state index >= 15 is 0 Å². The van der Waals surface area contributed by atoms with Crippen LogP contribution >= 0.6 is 12.4 Å². The van der Waals surface area contributed by atoms with Crippen molar-refractivity contribution in [3.8, 4) is 0 Å². The van der Waals surface area contributed by atoms with Gasteiger partial charge in [-0.3, -0.25) is 4.90 Å². The van der Waals surface area contributed by atoms with Crippen molar-refractivity contribution < 1.29 is 13.2 Å². The van der Waals surface area contributed by atoms with Crippen molar-refractivity contribution in [2.45, 2.75) is 19.4 Å². The third-order valence-corrected chi connectivity index (χ3v) is 3.39. The molecule has 0 spiro atoms. The third kappa shape index (κ3) is 4.09. The van der Waals surface area contributed by atoms with Crippen LogP contribution in [0, 0.1) is 23.4 Å². The summed E-state index contributed by atoms with van der Waals surface area (Å²) in [5.74, 6) is -3.22. The van der Waals surface area contributed by atoms with E-state index in [0.29, 0.717) is 24.6 Å². The zero-order valence-electron chi connectivity index (χ0n) is 10.5. The molecule has 6 heteroatoms. The molecule has 0 aliphatic carbocycles. The second kappa shape index (κ2) is 7.12. The molecule has 1 aliphatic heterocycles. The van der Waals surface area contributed by atoms with Gasteiger partial charge in [-0.15, -0.1) is 12.4 Å². The number of benzene rings is 1. The summed E-state index contributed by atoms with van der Waals surface area (Å²) in [6, 6.07) is 2.12. The van der Waals surface area contributed by atoms with Crippen molar-refractivity contribution in [1.82, 2.24) is 4.90 Å². The van der Waals surface area contributed by atoms with Crippen LogP contribution in [0.25, 0.3) is 0 Å². The maximum absolute atomic E-state index is 13.1. The fourth-order valence-electron chi connectivity index (χ4n) is 2.44. The maximum atomic E-state index is 13.1. The number of nitrogens with zero attached hydrogens (tertiary/aromatic N) is 1. The fraction of sp³-hybridized carbons (Fsp3) is 0.538. The van der Waals surface area contributed by atoms with Crippen LogP contribution in [0.5, 0.6) is 0 Å². The molecule has 1 aromatic carbocycles. The molecule has 108 valence electrons. The van der Waals surface area contributed by atoms with Gasteiger partial charge >= 0.3 is 0 Å². The van der Waals surface area contributed by atoms with Crippen molar-refractivity contribution in [2.24, 2.45) is 11.7 Å². The molecular formula is C13H18ClF3N2. The molecule has 1 unspecified atom stereocenters. The molecule has 1 fully saturated rings. The summed E-state index contributed by atoms with van der Waals surface area (Å²) in [5, 5.41) is 0. The smallest absolute Gasteiger partial charge is 0.194 e. The molecule has 1 aromatic rings. The van der Waals surface area contributed by atoms with E-state index in [1.807, 2.05) is 0 Å². The Morgan fingerprint density at radius 2 is 1.84 bits per heavy atom. The van der Waals surface area contributed by atoms with E-state index in [1.54, 1.807) is 0 Å². The number of hydrogen-bond donors (Lipinski definition) is 1. The highest BCUT2D eigenvalue weighted by Crippen LogP contribution is 2.19. The zero-order chi connectivity index (χ0) is 13.1. The number of likely N-dealkylation sites (tertiary alicyclic amines) is 1. The van der Waals surface area contributed by atoms with E-state index in [4.69, 9.17) is 5.73 Å². The van der Waals surface area contributed by atoms with E-state index < -0.39 is 17.5 Å². The second-order valence-electron chi connectivity index (χ2n) is 4.85. The largest absolute Gasteiger partial charge is 0.330 e. The van der Waals surface area contributed by atoms with E-state index in [0.717, 1.165) is 38.1 Å². The van der Waals surface area contributed by atoms with E-state index in [-0.39, 0.29) is 12.4 Å². The zero-order valence-corrected chi connectivity index (χ0v) is 11.4. The second-order valence-corrected chi connectivity index (χ2v) is 4.85. The molecule has 1 aliphatic rings. The lowest BCUT2D eigenvalue weighted by Gasteiger charge is -2.32. The molecule has 2 N–H and O–H groups in total. The Bertz CT molecular complexity index is 405. The van der Waals surface area contributed by atoms with Gasteiger partial charge in [0.15, 0.2) is 17.5 Å². The summed E-state index contributed by atoms with van der Waals surface area (Å²) in [4.78, 5) is 2.10. The normalized spacial score (nSPS) is 20.1. The van der Waals surface area contributed by atoms with Crippen molar-refractivity contribution in [2.75, 3.05) is 19.6 Å². The van der Waals surface area contributed by atoms with Gasteiger partial charge in [0.2, 0.25) is 0 Å². The summed E-state index contributed by atoms with van der Waals surface area (Å²) in [6.45, 7) is 2.78. The van der Waals surface area contributed by atoms with Gasteiger partial charge in [0.1, 0.15) is 0 Å². The Labute approximate surface area is 117 Å². The molecule has 0 saturated carbocycles. The topological polar surface area (TPSA) is 29.3 Å². The molecule has 0 aromatic heterocycles. The Morgan fingerprint density at radius 1 is 1.21 bits per heavy atom. The van der Waals surface area contributed by atoms with Crippen molar-refractivity contribution in [3.05, 3.63) is 35.1 Å². The van der Waals surface area contributed by atoms with Crippen molar-refractivity contribution in [3.63, 3.8) is 0 Å². The minimum atomic E-state index is -1.41. The molecule has 0 radical (unpaired) electrons. The van der Waals surface area contributed by atoms with Crippen LogP contribution in [-0.4, -0.2) is 24.5 Å². The van der Waals surface area contributed by atoms with Crippen molar-refractivity contribution >= 4 is 12.4 Å². The number of hydrogen-bond acceptors (Lipinski definition) is 2. The van der Waals surface area contributed by atoms with Gasteiger partial charge in [-0.2, -0.15) is 0 Å². The van der Waals surface area contributed by atoms with Crippen LogP contribution in [0.1, 0.15) is 18.4 Å². The Hall–Kier alpha value is -0.780. The minimum absolute atomic E-state index is 0. The van der Waals surface area contributed by atoms with Gasteiger partial charge in [-0.1, -0.05) is 0 Å². The van der Waals surface area contributed by atoms with Gasteiger partial charge in [0.05, 0.1) is 0 Å². The third-order valence-electron chi connectivity index (χ3n) is 3.39. The summed E-state index contributed by atoms with van der Waals surface area (Å²) < 4.78 is 39.0. The molecule has 2 rings (SSSR count). The molecule has 1 atom stereocenters. The first-order chi connectivity index (χ1) is 8.60. The Morgan fingerprint density at radius 3 is 2.42 bits per heavy atom. The summed E-state index contributed by atoms with van der Waals surface area (Å²) >= 11 is 0. The minimum Gasteiger partial charge on any atom is -0.330 e. The van der Waals surface area contributed by atoms with E-state index in [9.17, 15) is 13.2 Å². The SMILES string of the molecule is Cl.NCC1CCCN(Cc2cc(F)c(F)c(F)c2)C1. The van der Waals surface area contributed by atoms with E-state index in [2.05, 4.69) is 4.90 Å². The van der Waals surface area contributed by atoms with Gasteiger partial charge in [0, 0.05) is 13.1 Å². The average molecular weight is 295 g/mol. The van der Waals surface area contributed by atoms with Crippen molar-refractivity contribution in [1.29, 1.82) is 0 Å². The summed E-state index contributed by atoms with van der Waals surface area (Å²) in [5.41, 5.74) is 6.09. The lowest BCUT2D eigenvalue weighted by atomic mass is 9.98.